The highest BCUT2D eigenvalue weighted by Crippen LogP contribution is 2.29. The average molecular weight is 364 g/mol. The number of ketones is 1. The van der Waals surface area contributed by atoms with E-state index in [0.29, 0.717) is 11.4 Å². The molecule has 1 amide bonds. The fourth-order valence-corrected chi connectivity index (χ4v) is 2.98. The van der Waals surface area contributed by atoms with E-state index in [1.165, 1.54) is 11.5 Å². The Hall–Kier alpha value is -2.59. The molecule has 6 N–H and O–H groups in total. The molecule has 2 aromatic rings. The highest BCUT2D eigenvalue weighted by atomic mass is 32.1. The van der Waals surface area contributed by atoms with Gasteiger partial charge in [-0.1, -0.05) is 0 Å². The number of aryl methyl sites for hydroxylation is 1. The molecule has 2 heterocycles. The fourth-order valence-electron chi connectivity index (χ4n) is 2.32. The molecular formula is C15H17FN6O2S. The number of rotatable bonds is 7. The largest absolute Gasteiger partial charge is 0.365 e. The maximum atomic E-state index is 14.2. The number of anilines is 3. The highest BCUT2D eigenvalue weighted by Gasteiger charge is 2.39. The van der Waals surface area contributed by atoms with E-state index in [1.54, 1.807) is 6.07 Å². The Bertz CT molecular complexity index is 839. The number of carbonyl (C=O) groups is 2. The van der Waals surface area contributed by atoms with Crippen LogP contribution in [0.15, 0.2) is 12.1 Å². The Morgan fingerprint density at radius 1 is 1.40 bits per heavy atom. The van der Waals surface area contributed by atoms with Gasteiger partial charge in [0.15, 0.2) is 17.4 Å². The van der Waals surface area contributed by atoms with Crippen LogP contribution in [0.5, 0.6) is 0 Å². The molecule has 0 aromatic carbocycles. The lowest BCUT2D eigenvalue weighted by Gasteiger charge is -2.12. The maximum Gasteiger partial charge on any atom is 0.252 e. The standard InChI is InChI=1S/C15H17FN6O2S/c1-6-2-12(25-22-6)20-14-8(13(18)24)3-9(16)15(21-14)19-5-11(23)7-4-10(7)17/h2-3,7,10H,4-5,17H2,1H3,(H2,18,24)(H2,19,20,21). The molecular weight excluding hydrogens is 347 g/mol. The summed E-state index contributed by atoms with van der Waals surface area (Å²) in [6.07, 6.45) is 0.647. The highest BCUT2D eigenvalue weighted by molar-refractivity contribution is 7.10. The van der Waals surface area contributed by atoms with Crippen molar-refractivity contribution in [2.45, 2.75) is 19.4 Å². The first-order valence-corrected chi connectivity index (χ1v) is 8.35. The lowest BCUT2D eigenvalue weighted by Crippen LogP contribution is -2.21. The molecule has 2 unspecified atom stereocenters. The smallest absolute Gasteiger partial charge is 0.252 e. The van der Waals surface area contributed by atoms with Crippen LogP contribution < -0.4 is 22.1 Å². The first-order chi connectivity index (χ1) is 11.8. The van der Waals surface area contributed by atoms with Crippen LogP contribution in [-0.4, -0.2) is 33.6 Å². The van der Waals surface area contributed by atoms with Crippen molar-refractivity contribution < 1.29 is 14.0 Å². The summed E-state index contributed by atoms with van der Waals surface area (Å²) >= 11 is 1.17. The molecule has 1 aliphatic carbocycles. The Balaban J connectivity index is 1.81. The van der Waals surface area contributed by atoms with Gasteiger partial charge in [-0.3, -0.25) is 9.59 Å². The van der Waals surface area contributed by atoms with Crippen LogP contribution in [0.4, 0.5) is 21.0 Å². The summed E-state index contributed by atoms with van der Waals surface area (Å²) < 4.78 is 18.3. The van der Waals surface area contributed by atoms with E-state index in [1.807, 2.05) is 6.92 Å². The summed E-state index contributed by atoms with van der Waals surface area (Å²) in [6, 6.07) is 2.63. The summed E-state index contributed by atoms with van der Waals surface area (Å²) in [7, 11) is 0. The topological polar surface area (TPSA) is 136 Å². The number of hydrogen-bond acceptors (Lipinski definition) is 8. The number of nitrogens with one attached hydrogen (secondary N) is 2. The van der Waals surface area contributed by atoms with Crippen LogP contribution in [0.3, 0.4) is 0 Å². The number of hydrogen-bond donors (Lipinski definition) is 4. The van der Waals surface area contributed by atoms with Gasteiger partial charge in [-0.2, -0.15) is 4.37 Å². The van der Waals surface area contributed by atoms with Crippen molar-refractivity contribution in [2.75, 3.05) is 17.2 Å². The van der Waals surface area contributed by atoms with Gasteiger partial charge in [0.25, 0.3) is 5.91 Å². The molecule has 1 aliphatic rings. The monoisotopic (exact) mass is 364 g/mol. The van der Waals surface area contributed by atoms with E-state index in [2.05, 4.69) is 20.0 Å². The van der Waals surface area contributed by atoms with E-state index in [0.717, 1.165) is 11.8 Å². The third kappa shape index (κ3) is 3.91. The van der Waals surface area contributed by atoms with E-state index in [9.17, 15) is 14.0 Å². The molecule has 1 fully saturated rings. The van der Waals surface area contributed by atoms with Gasteiger partial charge >= 0.3 is 0 Å². The first-order valence-electron chi connectivity index (χ1n) is 7.58. The van der Waals surface area contributed by atoms with Gasteiger partial charge in [0.1, 0.15) is 10.8 Å². The molecule has 25 heavy (non-hydrogen) atoms. The Morgan fingerprint density at radius 2 is 2.12 bits per heavy atom. The van der Waals surface area contributed by atoms with Crippen molar-refractivity contribution in [1.29, 1.82) is 0 Å². The number of halogens is 1. The molecule has 132 valence electrons. The predicted molar refractivity (Wildman–Crippen MR) is 92.4 cm³/mol. The van der Waals surface area contributed by atoms with Gasteiger partial charge in [-0.05, 0) is 37.0 Å². The van der Waals surface area contributed by atoms with Crippen LogP contribution in [-0.2, 0) is 4.79 Å². The van der Waals surface area contributed by atoms with E-state index in [-0.39, 0.29) is 41.5 Å². The Kier molecular flexibility index (Phi) is 4.64. The van der Waals surface area contributed by atoms with Crippen molar-refractivity contribution in [3.63, 3.8) is 0 Å². The zero-order valence-corrected chi connectivity index (χ0v) is 14.2. The molecule has 2 atom stereocenters. The number of carbonyl (C=O) groups excluding carboxylic acids is 2. The first kappa shape index (κ1) is 17.2. The third-order valence-corrected chi connectivity index (χ3v) is 4.59. The minimum Gasteiger partial charge on any atom is -0.365 e. The van der Waals surface area contributed by atoms with Gasteiger partial charge in [-0.25, -0.2) is 9.37 Å². The average Bonchev–Trinajstić information content (AvgIpc) is 3.15. The number of nitrogens with two attached hydrogens (primary N) is 2. The molecule has 10 heteroatoms. The molecule has 0 spiro atoms. The number of nitrogens with zero attached hydrogens (tertiary/aromatic N) is 2. The minimum atomic E-state index is -0.818. The van der Waals surface area contributed by atoms with Crippen molar-refractivity contribution >= 4 is 39.9 Å². The Labute approximate surface area is 147 Å². The van der Waals surface area contributed by atoms with Crippen molar-refractivity contribution in [2.24, 2.45) is 17.4 Å². The van der Waals surface area contributed by atoms with Crippen LogP contribution in [0.2, 0.25) is 0 Å². The molecule has 2 aromatic heterocycles. The SMILES string of the molecule is Cc1cc(Nc2nc(NCC(=O)C3CC3N)c(F)cc2C(N)=O)sn1. The fraction of sp³-hybridized carbons (Fsp3) is 0.333. The predicted octanol–water partition coefficient (Wildman–Crippen LogP) is 1.16. The van der Waals surface area contributed by atoms with Crippen molar-refractivity contribution in [3.8, 4) is 0 Å². The summed E-state index contributed by atoms with van der Waals surface area (Å²) in [6.45, 7) is 1.73. The minimum absolute atomic E-state index is 0.0860. The summed E-state index contributed by atoms with van der Waals surface area (Å²) in [5, 5.41) is 6.19. The summed E-state index contributed by atoms with van der Waals surface area (Å²) in [4.78, 5) is 27.5. The Morgan fingerprint density at radius 3 is 2.68 bits per heavy atom. The normalized spacial score (nSPS) is 18.7. The van der Waals surface area contributed by atoms with Gasteiger partial charge in [0, 0.05) is 12.0 Å². The zero-order valence-electron chi connectivity index (χ0n) is 13.4. The van der Waals surface area contributed by atoms with Crippen LogP contribution >= 0.6 is 11.5 Å². The quantitative estimate of drug-likeness (QED) is 0.578. The summed E-state index contributed by atoms with van der Waals surface area (Å²) in [5.74, 6) is -1.92. The van der Waals surface area contributed by atoms with E-state index >= 15 is 0 Å². The second-order valence-electron chi connectivity index (χ2n) is 5.86. The van der Waals surface area contributed by atoms with Gasteiger partial charge < -0.3 is 22.1 Å². The van der Waals surface area contributed by atoms with Gasteiger partial charge in [-0.15, -0.1) is 0 Å². The maximum absolute atomic E-state index is 14.2. The van der Waals surface area contributed by atoms with Crippen LogP contribution in [0, 0.1) is 18.7 Å². The molecule has 8 nitrogen and oxygen atoms in total. The van der Waals surface area contributed by atoms with Crippen molar-refractivity contribution in [1.82, 2.24) is 9.36 Å². The van der Waals surface area contributed by atoms with Gasteiger partial charge in [0.05, 0.1) is 17.8 Å². The van der Waals surface area contributed by atoms with Crippen LogP contribution in [0.1, 0.15) is 22.5 Å². The molecule has 0 aliphatic heterocycles. The second kappa shape index (κ2) is 6.73. The lowest BCUT2D eigenvalue weighted by atomic mass is 10.2. The number of amides is 1. The molecule has 1 saturated carbocycles. The molecule has 3 rings (SSSR count). The molecule has 0 saturated heterocycles. The second-order valence-corrected chi connectivity index (χ2v) is 6.67. The van der Waals surface area contributed by atoms with Crippen molar-refractivity contribution in [3.05, 3.63) is 29.2 Å². The molecule has 0 radical (unpaired) electrons. The third-order valence-electron chi connectivity index (χ3n) is 3.79. The molecule has 0 bridgehead atoms. The number of primary amides is 1. The number of Topliss-reactive ketones (excluding diaryl/α,β-unsaturated/α-hetero) is 1. The summed E-state index contributed by atoms with van der Waals surface area (Å²) in [5.41, 5.74) is 11.6. The van der Waals surface area contributed by atoms with Crippen LogP contribution in [0.25, 0.3) is 0 Å². The number of pyridine rings is 1. The number of aromatic nitrogens is 2. The lowest BCUT2D eigenvalue weighted by molar-refractivity contribution is -0.118. The zero-order chi connectivity index (χ0) is 18.1. The van der Waals surface area contributed by atoms with E-state index in [4.69, 9.17) is 11.5 Å². The van der Waals surface area contributed by atoms with E-state index < -0.39 is 11.7 Å². The van der Waals surface area contributed by atoms with Gasteiger partial charge in [0.2, 0.25) is 0 Å².